The number of benzene rings is 1. The quantitative estimate of drug-likeness (QED) is 0.862. The maximum Gasteiger partial charge on any atom is 0.410 e. The average Bonchev–Trinajstić information content (AvgIpc) is 3.23. The summed E-state index contributed by atoms with van der Waals surface area (Å²) in [6, 6.07) is 10.4. The highest BCUT2D eigenvalue weighted by molar-refractivity contribution is 5.70. The lowest BCUT2D eigenvalue weighted by Crippen LogP contribution is -2.37. The average molecular weight is 326 g/mol. The standard InChI is InChI=1S/C18H22N4O2/c1-20-13-18(24-17(20)23)7-9-21(14-18)12-16-19-8-10-22(16)11-15-5-3-2-4-6-15/h2-6,8,10H,7,9,11-14H2,1H3. The summed E-state index contributed by atoms with van der Waals surface area (Å²) < 4.78 is 7.80. The van der Waals surface area contributed by atoms with Gasteiger partial charge in [-0.05, 0) is 5.56 Å². The summed E-state index contributed by atoms with van der Waals surface area (Å²) in [4.78, 5) is 20.2. The van der Waals surface area contributed by atoms with Gasteiger partial charge in [0.25, 0.3) is 0 Å². The van der Waals surface area contributed by atoms with Crippen LogP contribution in [0.4, 0.5) is 4.79 Å². The van der Waals surface area contributed by atoms with E-state index < -0.39 is 0 Å². The van der Waals surface area contributed by atoms with Crippen LogP contribution in [0.3, 0.4) is 0 Å². The van der Waals surface area contributed by atoms with Crippen molar-refractivity contribution >= 4 is 6.09 Å². The molecule has 0 saturated carbocycles. The zero-order valence-electron chi connectivity index (χ0n) is 13.9. The summed E-state index contributed by atoms with van der Waals surface area (Å²) in [5.74, 6) is 1.05. The predicted octanol–water partition coefficient (Wildman–Crippen LogP) is 1.96. The molecule has 1 atom stereocenters. The zero-order valence-corrected chi connectivity index (χ0v) is 13.9. The lowest BCUT2D eigenvalue weighted by atomic mass is 10.0. The fraction of sp³-hybridized carbons (Fsp3) is 0.444. The van der Waals surface area contributed by atoms with Gasteiger partial charge in [-0.15, -0.1) is 0 Å². The Bertz CT molecular complexity index is 730. The first-order chi connectivity index (χ1) is 11.6. The number of likely N-dealkylation sites (tertiary alicyclic amines) is 1. The summed E-state index contributed by atoms with van der Waals surface area (Å²) >= 11 is 0. The van der Waals surface area contributed by atoms with E-state index in [0.29, 0.717) is 6.54 Å². The molecule has 2 aliphatic heterocycles. The second-order valence-corrected chi connectivity index (χ2v) is 6.82. The van der Waals surface area contributed by atoms with Gasteiger partial charge in [0.05, 0.1) is 13.1 Å². The SMILES string of the molecule is CN1CC2(CCN(Cc3nccn3Cc3ccccc3)C2)OC1=O. The molecule has 2 aliphatic rings. The normalized spacial score (nSPS) is 24.0. The molecule has 4 rings (SSSR count). The Balaban J connectivity index is 1.42. The number of amides is 1. The van der Waals surface area contributed by atoms with E-state index in [9.17, 15) is 4.79 Å². The lowest BCUT2D eigenvalue weighted by molar-refractivity contribution is 0.0624. The van der Waals surface area contributed by atoms with E-state index in [1.54, 1.807) is 11.9 Å². The molecule has 2 aromatic rings. The Morgan fingerprint density at radius 3 is 2.79 bits per heavy atom. The summed E-state index contributed by atoms with van der Waals surface area (Å²) in [6.07, 6.45) is 4.57. The van der Waals surface area contributed by atoms with Crippen LogP contribution in [0.25, 0.3) is 0 Å². The fourth-order valence-corrected chi connectivity index (χ4v) is 3.68. The molecule has 0 N–H and O–H groups in total. The Morgan fingerprint density at radius 1 is 1.21 bits per heavy atom. The maximum atomic E-state index is 11.7. The number of hydrogen-bond donors (Lipinski definition) is 0. The van der Waals surface area contributed by atoms with E-state index in [4.69, 9.17) is 4.74 Å². The van der Waals surface area contributed by atoms with Crippen molar-refractivity contribution in [3.8, 4) is 0 Å². The van der Waals surface area contributed by atoms with E-state index in [0.717, 1.165) is 38.4 Å². The number of nitrogens with zero attached hydrogens (tertiary/aromatic N) is 4. The minimum Gasteiger partial charge on any atom is -0.439 e. The van der Waals surface area contributed by atoms with Gasteiger partial charge < -0.3 is 14.2 Å². The van der Waals surface area contributed by atoms with Gasteiger partial charge >= 0.3 is 6.09 Å². The van der Waals surface area contributed by atoms with Crippen LogP contribution in [0.5, 0.6) is 0 Å². The van der Waals surface area contributed by atoms with Gasteiger partial charge in [-0.2, -0.15) is 0 Å². The topological polar surface area (TPSA) is 50.6 Å². The van der Waals surface area contributed by atoms with Crippen LogP contribution in [0.1, 0.15) is 17.8 Å². The van der Waals surface area contributed by atoms with Crippen molar-refractivity contribution < 1.29 is 9.53 Å². The van der Waals surface area contributed by atoms with E-state index >= 15 is 0 Å². The molecule has 0 bridgehead atoms. The number of carbonyl (C=O) groups excluding carboxylic acids is 1. The van der Waals surface area contributed by atoms with Crippen molar-refractivity contribution in [2.24, 2.45) is 0 Å². The van der Waals surface area contributed by atoms with Crippen LogP contribution in [-0.2, 0) is 17.8 Å². The molecule has 3 heterocycles. The fourth-order valence-electron chi connectivity index (χ4n) is 3.68. The molecule has 24 heavy (non-hydrogen) atoms. The van der Waals surface area contributed by atoms with E-state index in [1.807, 2.05) is 18.5 Å². The summed E-state index contributed by atoms with van der Waals surface area (Å²) in [6.45, 7) is 4.00. The molecular weight excluding hydrogens is 304 g/mol. The number of rotatable bonds is 4. The molecule has 2 fully saturated rings. The van der Waals surface area contributed by atoms with Gasteiger partial charge in [-0.25, -0.2) is 9.78 Å². The highest BCUT2D eigenvalue weighted by Gasteiger charge is 2.48. The van der Waals surface area contributed by atoms with Gasteiger partial charge in [0.2, 0.25) is 0 Å². The Labute approximate surface area is 141 Å². The van der Waals surface area contributed by atoms with Crippen molar-refractivity contribution in [3.05, 3.63) is 54.1 Å². The number of aromatic nitrogens is 2. The molecule has 1 unspecified atom stereocenters. The highest BCUT2D eigenvalue weighted by Crippen LogP contribution is 2.32. The van der Waals surface area contributed by atoms with Crippen LogP contribution in [0.15, 0.2) is 42.7 Å². The molecule has 1 aromatic carbocycles. The third-order valence-corrected chi connectivity index (χ3v) is 4.90. The van der Waals surface area contributed by atoms with E-state index in [2.05, 4.69) is 38.7 Å². The molecule has 2 saturated heterocycles. The highest BCUT2D eigenvalue weighted by atomic mass is 16.6. The lowest BCUT2D eigenvalue weighted by Gasteiger charge is -2.21. The van der Waals surface area contributed by atoms with Crippen molar-refractivity contribution in [2.75, 3.05) is 26.7 Å². The smallest absolute Gasteiger partial charge is 0.410 e. The van der Waals surface area contributed by atoms with Crippen LogP contribution < -0.4 is 0 Å². The monoisotopic (exact) mass is 326 g/mol. The first-order valence-electron chi connectivity index (χ1n) is 8.34. The number of ether oxygens (including phenoxy) is 1. The first kappa shape index (κ1) is 15.2. The van der Waals surface area contributed by atoms with E-state index in [1.165, 1.54) is 5.56 Å². The van der Waals surface area contributed by atoms with Crippen LogP contribution >= 0.6 is 0 Å². The summed E-state index contributed by atoms with van der Waals surface area (Å²) in [5, 5.41) is 0. The Morgan fingerprint density at radius 2 is 2.04 bits per heavy atom. The van der Waals surface area contributed by atoms with Crippen LogP contribution in [0, 0.1) is 0 Å². The molecule has 6 nitrogen and oxygen atoms in total. The van der Waals surface area contributed by atoms with Crippen molar-refractivity contribution in [1.82, 2.24) is 19.4 Å². The minimum atomic E-state index is -0.331. The minimum absolute atomic E-state index is 0.206. The maximum absolute atomic E-state index is 11.7. The van der Waals surface area contributed by atoms with E-state index in [-0.39, 0.29) is 11.7 Å². The Kier molecular flexibility index (Phi) is 3.76. The van der Waals surface area contributed by atoms with Crippen LogP contribution in [-0.4, -0.2) is 57.7 Å². The van der Waals surface area contributed by atoms with Gasteiger partial charge in [-0.1, -0.05) is 30.3 Å². The number of carbonyl (C=O) groups is 1. The predicted molar refractivity (Wildman–Crippen MR) is 89.5 cm³/mol. The second kappa shape index (κ2) is 5.94. The number of hydrogen-bond acceptors (Lipinski definition) is 4. The molecule has 0 aliphatic carbocycles. The molecule has 1 spiro atoms. The van der Waals surface area contributed by atoms with Gasteiger partial charge in [0.1, 0.15) is 11.4 Å². The largest absolute Gasteiger partial charge is 0.439 e. The van der Waals surface area contributed by atoms with Crippen LogP contribution in [0.2, 0.25) is 0 Å². The zero-order chi connectivity index (χ0) is 16.6. The van der Waals surface area contributed by atoms with Crippen molar-refractivity contribution in [2.45, 2.75) is 25.1 Å². The first-order valence-corrected chi connectivity index (χ1v) is 8.34. The third kappa shape index (κ3) is 2.89. The molecule has 6 heteroatoms. The van der Waals surface area contributed by atoms with Crippen molar-refractivity contribution in [3.63, 3.8) is 0 Å². The molecule has 126 valence electrons. The Hall–Kier alpha value is -2.34. The van der Waals surface area contributed by atoms with Gasteiger partial charge in [0.15, 0.2) is 0 Å². The number of imidazole rings is 1. The molecule has 1 aromatic heterocycles. The summed E-state index contributed by atoms with van der Waals surface area (Å²) in [7, 11) is 1.80. The molecular formula is C18H22N4O2. The van der Waals surface area contributed by atoms with Crippen molar-refractivity contribution in [1.29, 1.82) is 0 Å². The van der Waals surface area contributed by atoms with Gasteiger partial charge in [0, 0.05) is 45.5 Å². The second-order valence-electron chi connectivity index (χ2n) is 6.82. The third-order valence-electron chi connectivity index (χ3n) is 4.90. The number of likely N-dealkylation sites (N-methyl/N-ethyl adjacent to an activating group) is 1. The van der Waals surface area contributed by atoms with Gasteiger partial charge in [-0.3, -0.25) is 4.90 Å². The summed E-state index contributed by atoms with van der Waals surface area (Å²) in [5.41, 5.74) is 0.934. The molecule has 1 amide bonds. The molecule has 0 radical (unpaired) electrons.